The molecule has 3 aromatic carbocycles. The van der Waals surface area contributed by atoms with Crippen LogP contribution in [0.3, 0.4) is 0 Å². The van der Waals surface area contributed by atoms with Gasteiger partial charge in [0.2, 0.25) is 0 Å². The molecule has 1 atom stereocenters. The normalized spacial score (nSPS) is 15.4. The predicted octanol–water partition coefficient (Wildman–Crippen LogP) is 3.97. The zero-order valence-electron chi connectivity index (χ0n) is 21.0. The Kier molecular flexibility index (Phi) is 6.67. The maximum atomic E-state index is 13.9. The van der Waals surface area contributed by atoms with Gasteiger partial charge in [-0.15, -0.1) is 0 Å². The predicted molar refractivity (Wildman–Crippen MR) is 144 cm³/mol. The Balaban J connectivity index is 1.76. The van der Waals surface area contributed by atoms with E-state index in [1.165, 1.54) is 11.3 Å². The zero-order chi connectivity index (χ0) is 26.1. The molecular weight excluding hydrogens is 488 g/mol. The molecule has 0 aliphatic carbocycles. The lowest BCUT2D eigenvalue weighted by Crippen LogP contribution is -2.40. The molecule has 4 aromatic rings. The molecule has 0 spiro atoms. The van der Waals surface area contributed by atoms with Crippen LogP contribution < -0.4 is 24.4 Å². The van der Waals surface area contributed by atoms with Crippen molar-refractivity contribution in [3.05, 3.63) is 103 Å². The minimum atomic E-state index is -0.732. The van der Waals surface area contributed by atoms with Crippen molar-refractivity contribution in [2.24, 2.45) is 4.99 Å². The van der Waals surface area contributed by atoms with Crippen LogP contribution in [-0.4, -0.2) is 31.4 Å². The number of carbonyl (C=O) groups is 1. The lowest BCUT2D eigenvalue weighted by atomic mass is 9.95. The van der Waals surface area contributed by atoms with E-state index >= 15 is 0 Å². The molecule has 0 unspecified atom stereocenters. The van der Waals surface area contributed by atoms with E-state index in [1.54, 1.807) is 44.8 Å². The van der Waals surface area contributed by atoms with Crippen LogP contribution in [0.4, 0.5) is 0 Å². The first-order valence-electron chi connectivity index (χ1n) is 11.9. The average Bonchev–Trinajstić information content (AvgIpc) is 3.21. The van der Waals surface area contributed by atoms with Crippen LogP contribution in [0, 0.1) is 0 Å². The molecule has 1 aliphatic heterocycles. The van der Waals surface area contributed by atoms with Crippen LogP contribution in [0.15, 0.2) is 81.7 Å². The fourth-order valence-electron chi connectivity index (χ4n) is 4.65. The maximum Gasteiger partial charge on any atom is 0.338 e. The van der Waals surface area contributed by atoms with Crippen molar-refractivity contribution in [1.82, 2.24) is 4.57 Å². The maximum absolute atomic E-state index is 13.9. The van der Waals surface area contributed by atoms with Gasteiger partial charge in [0.05, 0.1) is 42.7 Å². The summed E-state index contributed by atoms with van der Waals surface area (Å²) in [7, 11) is 3.10. The third kappa shape index (κ3) is 4.34. The molecule has 5 rings (SSSR count). The number of benzene rings is 3. The van der Waals surface area contributed by atoms with Gasteiger partial charge < -0.3 is 14.2 Å². The summed E-state index contributed by atoms with van der Waals surface area (Å²) in [4.78, 5) is 32.2. The summed E-state index contributed by atoms with van der Waals surface area (Å²) in [6.45, 7) is 3.72. The highest BCUT2D eigenvalue weighted by Crippen LogP contribution is 2.36. The summed E-state index contributed by atoms with van der Waals surface area (Å²) in [5, 5.41) is 2.14. The first-order valence-corrected chi connectivity index (χ1v) is 12.7. The largest absolute Gasteiger partial charge is 0.493 e. The molecule has 0 fully saturated rings. The second-order valence-corrected chi connectivity index (χ2v) is 9.49. The fourth-order valence-corrected chi connectivity index (χ4v) is 5.68. The number of carbonyl (C=O) groups excluding carboxylic acids is 1. The number of hydrogen-bond acceptors (Lipinski definition) is 7. The fraction of sp³-hybridized carbons (Fsp3) is 0.207. The van der Waals surface area contributed by atoms with E-state index < -0.39 is 12.0 Å². The van der Waals surface area contributed by atoms with Gasteiger partial charge in [-0.1, -0.05) is 59.9 Å². The van der Waals surface area contributed by atoms with Crippen LogP contribution in [0.25, 0.3) is 16.8 Å². The van der Waals surface area contributed by atoms with Crippen molar-refractivity contribution >= 4 is 34.2 Å². The van der Waals surface area contributed by atoms with E-state index in [9.17, 15) is 9.59 Å². The summed E-state index contributed by atoms with van der Waals surface area (Å²) < 4.78 is 18.4. The van der Waals surface area contributed by atoms with E-state index in [4.69, 9.17) is 14.2 Å². The second kappa shape index (κ2) is 10.1. The Hall–Kier alpha value is -4.17. The number of fused-ring (bicyclic) bond motifs is 2. The first-order chi connectivity index (χ1) is 18.0. The molecule has 0 amide bonds. The van der Waals surface area contributed by atoms with E-state index in [-0.39, 0.29) is 12.2 Å². The van der Waals surface area contributed by atoms with Crippen molar-refractivity contribution in [2.75, 3.05) is 20.8 Å². The number of allylic oxidation sites excluding steroid dienone is 1. The van der Waals surface area contributed by atoms with E-state index in [0.29, 0.717) is 37.7 Å². The van der Waals surface area contributed by atoms with E-state index in [2.05, 4.69) is 4.99 Å². The Bertz CT molecular complexity index is 1730. The SMILES string of the molecule is CCOC(=O)C1=C(C)N=c2s/c(=C/c3cccc4ccccc34)c(=O)n2[C@@H]1c1ccc(OC)c(OC)c1. The molecule has 8 heteroatoms. The molecular formula is C29H26N2O5S. The van der Waals surface area contributed by atoms with Gasteiger partial charge in [-0.3, -0.25) is 9.36 Å². The highest BCUT2D eigenvalue weighted by atomic mass is 32.1. The summed E-state index contributed by atoms with van der Waals surface area (Å²) in [5.74, 6) is 0.538. The molecule has 0 saturated carbocycles. The lowest BCUT2D eigenvalue weighted by Gasteiger charge is -2.25. The van der Waals surface area contributed by atoms with Crippen LogP contribution in [-0.2, 0) is 9.53 Å². The van der Waals surface area contributed by atoms with Crippen molar-refractivity contribution in [3.63, 3.8) is 0 Å². The number of ether oxygens (including phenoxy) is 3. The molecule has 37 heavy (non-hydrogen) atoms. The Morgan fingerprint density at radius 3 is 2.57 bits per heavy atom. The molecule has 0 N–H and O–H groups in total. The summed E-state index contributed by atoms with van der Waals surface area (Å²) in [6.07, 6.45) is 1.89. The second-order valence-electron chi connectivity index (χ2n) is 8.49. The van der Waals surface area contributed by atoms with Crippen molar-refractivity contribution in [2.45, 2.75) is 19.9 Å². The Labute approximate surface area is 217 Å². The zero-order valence-corrected chi connectivity index (χ0v) is 21.8. The molecule has 1 aliphatic rings. The number of nitrogens with zero attached hydrogens (tertiary/aromatic N) is 2. The van der Waals surface area contributed by atoms with Crippen molar-refractivity contribution < 1.29 is 19.0 Å². The van der Waals surface area contributed by atoms with Gasteiger partial charge in [0.15, 0.2) is 16.3 Å². The van der Waals surface area contributed by atoms with Crippen LogP contribution in [0.1, 0.15) is 31.0 Å². The van der Waals surface area contributed by atoms with E-state index in [0.717, 1.165) is 16.3 Å². The molecule has 0 radical (unpaired) electrons. The number of methoxy groups -OCH3 is 2. The van der Waals surface area contributed by atoms with Gasteiger partial charge in [0, 0.05) is 0 Å². The smallest absolute Gasteiger partial charge is 0.338 e. The summed E-state index contributed by atoms with van der Waals surface area (Å²) >= 11 is 1.30. The van der Waals surface area contributed by atoms with Gasteiger partial charge in [-0.2, -0.15) is 0 Å². The van der Waals surface area contributed by atoms with Crippen molar-refractivity contribution in [3.8, 4) is 11.5 Å². The molecule has 0 bridgehead atoms. The molecule has 7 nitrogen and oxygen atoms in total. The van der Waals surface area contributed by atoms with Crippen LogP contribution >= 0.6 is 11.3 Å². The van der Waals surface area contributed by atoms with Gasteiger partial charge in [-0.05, 0) is 54.0 Å². The summed E-state index contributed by atoms with van der Waals surface area (Å²) in [5.41, 5.74) is 2.22. The van der Waals surface area contributed by atoms with Gasteiger partial charge >= 0.3 is 5.97 Å². The summed E-state index contributed by atoms with van der Waals surface area (Å²) in [6, 6.07) is 18.7. The topological polar surface area (TPSA) is 79.1 Å². The molecule has 1 aromatic heterocycles. The Morgan fingerprint density at radius 2 is 1.81 bits per heavy atom. The lowest BCUT2D eigenvalue weighted by molar-refractivity contribution is -0.139. The minimum absolute atomic E-state index is 0.208. The number of esters is 1. The Morgan fingerprint density at radius 1 is 1.05 bits per heavy atom. The standard InChI is InChI=1S/C29H26N2O5S/c1-5-36-28(33)25-17(2)30-29-31(26(25)20-13-14-22(34-3)23(15-20)35-4)27(32)24(37-29)16-19-11-8-10-18-9-6-7-12-21(18)19/h6-16,26H,5H2,1-4H3/b24-16+/t26-/m1/s1. The van der Waals surface area contributed by atoms with Gasteiger partial charge in [0.1, 0.15) is 0 Å². The van der Waals surface area contributed by atoms with Crippen LogP contribution in [0.2, 0.25) is 0 Å². The number of rotatable bonds is 6. The average molecular weight is 515 g/mol. The third-order valence-electron chi connectivity index (χ3n) is 6.35. The van der Waals surface area contributed by atoms with E-state index in [1.807, 2.05) is 54.6 Å². The highest BCUT2D eigenvalue weighted by Gasteiger charge is 2.33. The minimum Gasteiger partial charge on any atom is -0.493 e. The van der Waals surface area contributed by atoms with Gasteiger partial charge in [0.25, 0.3) is 5.56 Å². The number of thiazole rings is 1. The van der Waals surface area contributed by atoms with Gasteiger partial charge in [-0.25, -0.2) is 9.79 Å². The monoisotopic (exact) mass is 514 g/mol. The van der Waals surface area contributed by atoms with Crippen LogP contribution in [0.5, 0.6) is 11.5 Å². The molecule has 0 saturated heterocycles. The number of hydrogen-bond donors (Lipinski definition) is 0. The molecule has 188 valence electrons. The van der Waals surface area contributed by atoms with Crippen molar-refractivity contribution in [1.29, 1.82) is 0 Å². The molecule has 2 heterocycles. The quantitative estimate of drug-likeness (QED) is 0.364. The number of aromatic nitrogens is 1. The highest BCUT2D eigenvalue weighted by molar-refractivity contribution is 7.07. The first kappa shape index (κ1) is 24.5. The third-order valence-corrected chi connectivity index (χ3v) is 7.33.